The second-order valence-electron chi connectivity index (χ2n) is 5.75. The van der Waals surface area contributed by atoms with Crippen LogP contribution in [0.5, 0.6) is 5.75 Å². The third kappa shape index (κ3) is 2.70. The number of rotatable bonds is 2. The van der Waals surface area contributed by atoms with Gasteiger partial charge in [0.05, 0.1) is 11.3 Å². The van der Waals surface area contributed by atoms with Crippen LogP contribution in [0.2, 0.25) is 0 Å². The molecule has 2 aliphatic rings. The van der Waals surface area contributed by atoms with Gasteiger partial charge in [-0.05, 0) is 25.6 Å². The highest BCUT2D eigenvalue weighted by atomic mass is 16.5. The molecule has 5 heteroatoms. The molecule has 0 spiro atoms. The topological polar surface area (TPSA) is 44.8 Å². The van der Waals surface area contributed by atoms with Crippen LogP contribution in [0.4, 0.5) is 5.69 Å². The lowest BCUT2D eigenvalue weighted by molar-refractivity contribution is 0.0538. The molecule has 2 aliphatic heterocycles. The van der Waals surface area contributed by atoms with Gasteiger partial charge in [0.2, 0.25) is 0 Å². The Kier molecular flexibility index (Phi) is 4.01. The standard InChI is InChI=1S/C16H23N3O2/c1-3-12-11-19(9-8-18(12)2)16(20)13-5-4-6-14-15(13)21-10-7-17-14/h4-6,12,17H,3,7-11H2,1-2H3. The summed E-state index contributed by atoms with van der Waals surface area (Å²) in [5, 5.41) is 3.28. The summed E-state index contributed by atoms with van der Waals surface area (Å²) in [6.45, 7) is 6.07. The fraction of sp³-hybridized carbons (Fsp3) is 0.562. The zero-order chi connectivity index (χ0) is 14.8. The largest absolute Gasteiger partial charge is 0.489 e. The number of para-hydroxylation sites is 1. The van der Waals surface area contributed by atoms with Gasteiger partial charge in [-0.25, -0.2) is 0 Å². The number of carbonyl (C=O) groups is 1. The first-order chi connectivity index (χ1) is 10.2. The average molecular weight is 289 g/mol. The highest BCUT2D eigenvalue weighted by Crippen LogP contribution is 2.32. The maximum absolute atomic E-state index is 12.8. The maximum atomic E-state index is 12.8. The highest BCUT2D eigenvalue weighted by molar-refractivity contribution is 5.99. The molecule has 0 radical (unpaired) electrons. The van der Waals surface area contributed by atoms with Gasteiger partial charge in [-0.2, -0.15) is 0 Å². The molecule has 1 aromatic carbocycles. The molecule has 0 aromatic heterocycles. The van der Waals surface area contributed by atoms with E-state index >= 15 is 0 Å². The Morgan fingerprint density at radius 1 is 1.43 bits per heavy atom. The van der Waals surface area contributed by atoms with E-state index in [0.717, 1.165) is 38.3 Å². The molecule has 0 aliphatic carbocycles. The van der Waals surface area contributed by atoms with E-state index in [-0.39, 0.29) is 5.91 Å². The fourth-order valence-electron chi connectivity index (χ4n) is 3.08. The lowest BCUT2D eigenvalue weighted by atomic mass is 10.1. The van der Waals surface area contributed by atoms with Gasteiger partial charge in [0.1, 0.15) is 6.61 Å². The molecule has 3 rings (SSSR count). The Hall–Kier alpha value is -1.75. The summed E-state index contributed by atoms with van der Waals surface area (Å²) < 4.78 is 5.72. The van der Waals surface area contributed by atoms with Crippen LogP contribution in [0.25, 0.3) is 0 Å². The Balaban J connectivity index is 1.82. The number of ether oxygens (including phenoxy) is 1. The van der Waals surface area contributed by atoms with Crippen LogP contribution < -0.4 is 10.1 Å². The number of hydrogen-bond acceptors (Lipinski definition) is 4. The Bertz CT molecular complexity index is 532. The van der Waals surface area contributed by atoms with E-state index in [1.807, 2.05) is 23.1 Å². The Labute approximate surface area is 125 Å². The minimum absolute atomic E-state index is 0.0853. The monoisotopic (exact) mass is 289 g/mol. The minimum atomic E-state index is 0.0853. The third-order valence-electron chi connectivity index (χ3n) is 4.44. The normalized spacial score (nSPS) is 22.2. The number of nitrogens with zero attached hydrogens (tertiary/aromatic N) is 2. The van der Waals surface area contributed by atoms with Crippen LogP contribution in [0.3, 0.4) is 0 Å². The first kappa shape index (κ1) is 14.2. The van der Waals surface area contributed by atoms with Crippen molar-refractivity contribution in [3.05, 3.63) is 23.8 Å². The summed E-state index contributed by atoms with van der Waals surface area (Å²) in [6, 6.07) is 6.19. The second kappa shape index (κ2) is 5.93. The molecule has 114 valence electrons. The summed E-state index contributed by atoms with van der Waals surface area (Å²) in [4.78, 5) is 17.1. The summed E-state index contributed by atoms with van der Waals surface area (Å²) in [6.07, 6.45) is 1.06. The van der Waals surface area contributed by atoms with E-state index in [9.17, 15) is 4.79 Å². The van der Waals surface area contributed by atoms with Gasteiger partial charge < -0.3 is 15.0 Å². The van der Waals surface area contributed by atoms with Crippen molar-refractivity contribution in [3.63, 3.8) is 0 Å². The molecule has 0 bridgehead atoms. The van der Waals surface area contributed by atoms with Crippen LogP contribution >= 0.6 is 0 Å². The van der Waals surface area contributed by atoms with Crippen molar-refractivity contribution in [2.45, 2.75) is 19.4 Å². The molecule has 1 aromatic rings. The zero-order valence-corrected chi connectivity index (χ0v) is 12.8. The summed E-state index contributed by atoms with van der Waals surface area (Å²) in [5.41, 5.74) is 1.60. The minimum Gasteiger partial charge on any atom is -0.489 e. The van der Waals surface area contributed by atoms with Crippen LogP contribution in [0.1, 0.15) is 23.7 Å². The number of benzene rings is 1. The number of amides is 1. The molecule has 5 nitrogen and oxygen atoms in total. The van der Waals surface area contributed by atoms with Crippen molar-refractivity contribution in [1.29, 1.82) is 0 Å². The highest BCUT2D eigenvalue weighted by Gasteiger charge is 2.29. The average Bonchev–Trinajstić information content (AvgIpc) is 2.54. The summed E-state index contributed by atoms with van der Waals surface area (Å²) in [5.74, 6) is 0.794. The van der Waals surface area contributed by atoms with Crippen molar-refractivity contribution in [3.8, 4) is 5.75 Å². The van der Waals surface area contributed by atoms with E-state index in [0.29, 0.717) is 24.0 Å². The number of carbonyl (C=O) groups excluding carboxylic acids is 1. The molecule has 1 unspecified atom stereocenters. The lowest BCUT2D eigenvalue weighted by Gasteiger charge is -2.39. The molecular weight excluding hydrogens is 266 g/mol. The van der Waals surface area contributed by atoms with E-state index in [1.165, 1.54) is 0 Å². The van der Waals surface area contributed by atoms with Gasteiger partial charge in [0.15, 0.2) is 5.75 Å². The lowest BCUT2D eigenvalue weighted by Crippen LogP contribution is -2.53. The first-order valence-electron chi connectivity index (χ1n) is 7.70. The predicted molar refractivity (Wildman–Crippen MR) is 83.0 cm³/mol. The van der Waals surface area contributed by atoms with Crippen molar-refractivity contribution < 1.29 is 9.53 Å². The van der Waals surface area contributed by atoms with Gasteiger partial charge in [0.25, 0.3) is 5.91 Å². The molecule has 21 heavy (non-hydrogen) atoms. The quantitative estimate of drug-likeness (QED) is 0.899. The Morgan fingerprint density at radius 3 is 3.10 bits per heavy atom. The molecule has 1 amide bonds. The smallest absolute Gasteiger partial charge is 0.257 e. The summed E-state index contributed by atoms with van der Waals surface area (Å²) in [7, 11) is 2.13. The van der Waals surface area contributed by atoms with Gasteiger partial charge in [0, 0.05) is 32.2 Å². The molecule has 2 heterocycles. The summed E-state index contributed by atoms with van der Waals surface area (Å²) >= 11 is 0. The number of piperazine rings is 1. The number of anilines is 1. The number of likely N-dealkylation sites (N-methyl/N-ethyl adjacent to an activating group) is 1. The molecule has 1 fully saturated rings. The van der Waals surface area contributed by atoms with Gasteiger partial charge in [-0.1, -0.05) is 13.0 Å². The third-order valence-corrected chi connectivity index (χ3v) is 4.44. The SMILES string of the molecule is CCC1CN(C(=O)c2cccc3c2OCCN3)CCN1C. The predicted octanol–water partition coefficient (Wildman–Crippen LogP) is 1.66. The fourth-order valence-corrected chi connectivity index (χ4v) is 3.08. The van der Waals surface area contributed by atoms with Gasteiger partial charge >= 0.3 is 0 Å². The first-order valence-corrected chi connectivity index (χ1v) is 7.70. The van der Waals surface area contributed by atoms with Crippen LogP contribution in [-0.2, 0) is 0 Å². The maximum Gasteiger partial charge on any atom is 0.257 e. The van der Waals surface area contributed by atoms with Crippen molar-refractivity contribution in [2.24, 2.45) is 0 Å². The molecule has 1 saturated heterocycles. The van der Waals surface area contributed by atoms with Crippen molar-refractivity contribution in [1.82, 2.24) is 9.80 Å². The zero-order valence-electron chi connectivity index (χ0n) is 12.8. The molecule has 0 saturated carbocycles. The number of hydrogen-bond donors (Lipinski definition) is 1. The van der Waals surface area contributed by atoms with Crippen molar-refractivity contribution in [2.75, 3.05) is 45.2 Å². The second-order valence-corrected chi connectivity index (χ2v) is 5.75. The van der Waals surface area contributed by atoms with E-state index < -0.39 is 0 Å². The van der Waals surface area contributed by atoms with Crippen LogP contribution in [0, 0.1) is 0 Å². The van der Waals surface area contributed by atoms with E-state index in [1.54, 1.807) is 0 Å². The van der Waals surface area contributed by atoms with Gasteiger partial charge in [-0.3, -0.25) is 9.69 Å². The molecular formula is C16H23N3O2. The van der Waals surface area contributed by atoms with Crippen molar-refractivity contribution >= 4 is 11.6 Å². The van der Waals surface area contributed by atoms with Gasteiger partial charge in [-0.15, -0.1) is 0 Å². The Morgan fingerprint density at radius 2 is 2.29 bits per heavy atom. The molecule has 1 N–H and O–H groups in total. The number of nitrogens with one attached hydrogen (secondary N) is 1. The van der Waals surface area contributed by atoms with E-state index in [4.69, 9.17) is 4.74 Å². The molecule has 1 atom stereocenters. The van der Waals surface area contributed by atoms with E-state index in [2.05, 4.69) is 24.2 Å². The number of fused-ring (bicyclic) bond motifs is 1. The van der Waals surface area contributed by atoms with Crippen LogP contribution in [-0.4, -0.2) is 61.6 Å². The van der Waals surface area contributed by atoms with Crippen LogP contribution in [0.15, 0.2) is 18.2 Å².